The van der Waals surface area contributed by atoms with Gasteiger partial charge >= 0.3 is 0 Å². The molecule has 0 amide bonds. The van der Waals surface area contributed by atoms with Crippen LogP contribution in [0.4, 0.5) is 0 Å². The first kappa shape index (κ1) is 46.4. The lowest BCUT2D eigenvalue weighted by Crippen LogP contribution is -2.10. The predicted molar refractivity (Wildman–Crippen MR) is 265 cm³/mol. The highest BCUT2D eigenvalue weighted by atomic mass is 14.2. The second kappa shape index (κ2) is 23.4. The maximum absolute atomic E-state index is 2.23. The third-order valence-electron chi connectivity index (χ3n) is 10.5. The molecule has 306 valence electrons. The van der Waals surface area contributed by atoms with Crippen molar-refractivity contribution >= 4 is 0 Å². The summed E-state index contributed by atoms with van der Waals surface area (Å²) in [5.41, 5.74) is 20.3. The van der Waals surface area contributed by atoms with Gasteiger partial charge in [0.2, 0.25) is 0 Å². The van der Waals surface area contributed by atoms with Crippen molar-refractivity contribution in [3.8, 4) is 33.4 Å². The second-order valence-electron chi connectivity index (χ2n) is 16.8. The zero-order chi connectivity index (χ0) is 43.5. The Morgan fingerprint density at radius 3 is 1.13 bits per heavy atom. The Bertz CT molecular complexity index is 2410. The van der Waals surface area contributed by atoms with Crippen molar-refractivity contribution in [3.05, 3.63) is 250 Å². The van der Waals surface area contributed by atoms with E-state index in [0.29, 0.717) is 0 Å². The van der Waals surface area contributed by atoms with E-state index in [1.54, 1.807) is 0 Å². The van der Waals surface area contributed by atoms with Gasteiger partial charge in [0.25, 0.3) is 0 Å². The fourth-order valence-electron chi connectivity index (χ4n) is 6.65. The molecule has 60 heavy (non-hydrogen) atoms. The molecule has 8 rings (SSSR count). The average molecular weight is 787 g/mol. The van der Waals surface area contributed by atoms with Crippen LogP contribution in [0.5, 0.6) is 0 Å². The molecule has 0 N–H and O–H groups in total. The fraction of sp³-hybridized carbons (Fsp3) is 0.200. The van der Waals surface area contributed by atoms with Gasteiger partial charge in [-0.05, 0) is 122 Å². The molecule has 0 fully saturated rings. The zero-order valence-electron chi connectivity index (χ0n) is 38.1. The van der Waals surface area contributed by atoms with E-state index in [-0.39, 0.29) is 5.41 Å². The van der Waals surface area contributed by atoms with E-state index in [2.05, 4.69) is 258 Å². The summed E-state index contributed by atoms with van der Waals surface area (Å²) in [7, 11) is 0. The van der Waals surface area contributed by atoms with Gasteiger partial charge < -0.3 is 0 Å². The quantitative estimate of drug-likeness (QED) is 0.167. The summed E-state index contributed by atoms with van der Waals surface area (Å²) < 4.78 is 0. The van der Waals surface area contributed by atoms with E-state index >= 15 is 0 Å². The maximum Gasteiger partial charge on any atom is -0.0132 e. The molecule has 8 aromatic rings. The molecule has 0 saturated heterocycles. The van der Waals surface area contributed by atoms with Gasteiger partial charge in [0, 0.05) is 0 Å². The number of hydrogen-bond acceptors (Lipinski definition) is 0. The first-order chi connectivity index (χ1) is 28.7. The lowest BCUT2D eigenvalue weighted by Gasteiger charge is -2.18. The Morgan fingerprint density at radius 2 is 0.667 bits per heavy atom. The Kier molecular flexibility index (Phi) is 18.1. The zero-order valence-corrected chi connectivity index (χ0v) is 38.1. The molecular weight excluding hydrogens is 721 g/mol. The van der Waals surface area contributed by atoms with E-state index < -0.39 is 0 Å². The Morgan fingerprint density at radius 1 is 0.267 bits per heavy atom. The first-order valence-electron chi connectivity index (χ1n) is 21.2. The van der Waals surface area contributed by atoms with Crippen LogP contribution in [0, 0.1) is 55.4 Å². The van der Waals surface area contributed by atoms with Gasteiger partial charge in [0.1, 0.15) is 0 Å². The minimum atomic E-state index is 0.285. The monoisotopic (exact) mass is 787 g/mol. The van der Waals surface area contributed by atoms with Crippen molar-refractivity contribution in [1.82, 2.24) is 0 Å². The van der Waals surface area contributed by atoms with Crippen LogP contribution in [0.25, 0.3) is 33.4 Å². The molecular formula is C60H66. The van der Waals surface area contributed by atoms with E-state index in [0.717, 1.165) is 0 Å². The summed E-state index contributed by atoms with van der Waals surface area (Å²) in [4.78, 5) is 0. The maximum atomic E-state index is 2.23. The van der Waals surface area contributed by atoms with Gasteiger partial charge in [0.15, 0.2) is 0 Å². The molecule has 0 aromatic heterocycles. The van der Waals surface area contributed by atoms with Crippen LogP contribution in [-0.2, 0) is 5.41 Å². The van der Waals surface area contributed by atoms with Gasteiger partial charge in [-0.25, -0.2) is 0 Å². The van der Waals surface area contributed by atoms with E-state index in [9.17, 15) is 0 Å². The molecule has 0 saturated carbocycles. The highest BCUT2D eigenvalue weighted by molar-refractivity contribution is 5.67. The normalized spacial score (nSPS) is 10.2. The van der Waals surface area contributed by atoms with Crippen molar-refractivity contribution in [3.63, 3.8) is 0 Å². The third-order valence-corrected chi connectivity index (χ3v) is 10.5. The third kappa shape index (κ3) is 15.5. The Balaban J connectivity index is 0.000000166. The van der Waals surface area contributed by atoms with Crippen molar-refractivity contribution in [2.45, 2.75) is 81.6 Å². The van der Waals surface area contributed by atoms with Crippen LogP contribution in [0.2, 0.25) is 0 Å². The molecule has 0 bridgehead atoms. The van der Waals surface area contributed by atoms with Crippen LogP contribution in [0.15, 0.2) is 200 Å². The first-order valence-corrected chi connectivity index (χ1v) is 21.2. The van der Waals surface area contributed by atoms with Crippen molar-refractivity contribution in [2.24, 2.45) is 0 Å². The molecule has 0 unspecified atom stereocenters. The summed E-state index contributed by atoms with van der Waals surface area (Å²) >= 11 is 0. The standard InChI is InChI=1S/3C13H12.C11H16.C10H14/c1-11-7-5-6-10-13(11)12-8-3-2-4-9-12;1-11-6-5-9-13(10-11)12-7-3-2-4-8-12;1-11-7-9-13(10-8-11)12-5-3-2-4-6-12;1-9-5-7-10(8-6-9)11(2,3)4;1-7-5-8(2)10(4)9(3)6-7/h3*2-10H,1H3;5-8H,1-4H3;5-6H,1-4H3. The average Bonchev–Trinajstić information content (AvgIpc) is 3.25. The minimum Gasteiger partial charge on any atom is -0.0622 e. The van der Waals surface area contributed by atoms with E-state index in [1.807, 2.05) is 18.2 Å². The molecule has 0 radical (unpaired) electrons. The smallest absolute Gasteiger partial charge is 0.0132 e. The molecule has 0 aliphatic heterocycles. The molecule has 0 atom stereocenters. The molecule has 0 heteroatoms. The molecule has 0 nitrogen and oxygen atoms in total. The van der Waals surface area contributed by atoms with Crippen LogP contribution >= 0.6 is 0 Å². The topological polar surface area (TPSA) is 0 Å². The SMILES string of the molecule is Cc1cc(C)c(C)c(C)c1.Cc1ccc(-c2ccccc2)cc1.Cc1ccc(C(C)(C)C)cc1.Cc1cccc(-c2ccccc2)c1.Cc1ccccc1-c1ccccc1. The predicted octanol–water partition coefficient (Wildman–Crippen LogP) is 17.2. The van der Waals surface area contributed by atoms with Crippen molar-refractivity contribution in [2.75, 3.05) is 0 Å². The van der Waals surface area contributed by atoms with Gasteiger partial charge in [-0.3, -0.25) is 0 Å². The summed E-state index contributed by atoms with van der Waals surface area (Å²) in [6.07, 6.45) is 0. The lowest BCUT2D eigenvalue weighted by atomic mass is 9.87. The molecule has 8 aromatic carbocycles. The van der Waals surface area contributed by atoms with Crippen molar-refractivity contribution in [1.29, 1.82) is 0 Å². The second-order valence-corrected chi connectivity index (χ2v) is 16.8. The molecule has 0 heterocycles. The Hall–Kier alpha value is -6.24. The molecule has 0 spiro atoms. The van der Waals surface area contributed by atoms with Gasteiger partial charge in [-0.1, -0.05) is 243 Å². The van der Waals surface area contributed by atoms with Gasteiger partial charge in [-0.2, -0.15) is 0 Å². The summed E-state index contributed by atoms with van der Waals surface area (Å²) in [6, 6.07) is 70.1. The largest absolute Gasteiger partial charge is 0.0622 e. The number of hydrogen-bond donors (Lipinski definition) is 0. The van der Waals surface area contributed by atoms with E-state index in [4.69, 9.17) is 0 Å². The highest BCUT2D eigenvalue weighted by Crippen LogP contribution is 2.24. The van der Waals surface area contributed by atoms with Crippen molar-refractivity contribution < 1.29 is 0 Å². The number of aryl methyl sites for hydroxylation is 7. The summed E-state index contributed by atoms with van der Waals surface area (Å²) in [6.45, 7) is 23.8. The summed E-state index contributed by atoms with van der Waals surface area (Å²) in [5, 5.41) is 0. The highest BCUT2D eigenvalue weighted by Gasteiger charge is 2.12. The molecule has 0 aliphatic rings. The van der Waals surface area contributed by atoms with Crippen LogP contribution in [-0.4, -0.2) is 0 Å². The Labute approximate surface area is 363 Å². The number of benzene rings is 8. The van der Waals surface area contributed by atoms with E-state index in [1.165, 1.54) is 83.5 Å². The molecule has 0 aliphatic carbocycles. The number of rotatable bonds is 3. The summed E-state index contributed by atoms with van der Waals surface area (Å²) in [5.74, 6) is 0. The van der Waals surface area contributed by atoms with Gasteiger partial charge in [-0.15, -0.1) is 0 Å². The van der Waals surface area contributed by atoms with Crippen LogP contribution in [0.3, 0.4) is 0 Å². The fourth-order valence-corrected chi connectivity index (χ4v) is 6.65. The van der Waals surface area contributed by atoms with Gasteiger partial charge in [0.05, 0.1) is 0 Å². The lowest BCUT2D eigenvalue weighted by molar-refractivity contribution is 0.590. The minimum absolute atomic E-state index is 0.285. The van der Waals surface area contributed by atoms with Crippen LogP contribution < -0.4 is 0 Å². The van der Waals surface area contributed by atoms with Crippen LogP contribution in [0.1, 0.15) is 70.8 Å².